The summed E-state index contributed by atoms with van der Waals surface area (Å²) in [7, 11) is 0. The van der Waals surface area contributed by atoms with Crippen molar-refractivity contribution in [1.29, 1.82) is 0 Å². The second kappa shape index (κ2) is 7.26. The molecule has 5 nitrogen and oxygen atoms in total. The number of aromatic amines is 1. The third kappa shape index (κ3) is 4.21. The number of H-pyrrole nitrogens is 1. The van der Waals surface area contributed by atoms with Gasteiger partial charge in [0.2, 0.25) is 5.91 Å². The van der Waals surface area contributed by atoms with Crippen molar-refractivity contribution < 1.29 is 4.79 Å². The first-order valence-electron chi connectivity index (χ1n) is 7.02. The molecule has 1 aromatic heterocycles. The average molecular weight is 317 g/mol. The van der Waals surface area contributed by atoms with Gasteiger partial charge in [-0.2, -0.15) is 0 Å². The van der Waals surface area contributed by atoms with Gasteiger partial charge in [0.1, 0.15) is 0 Å². The van der Waals surface area contributed by atoms with Crippen LogP contribution in [-0.4, -0.2) is 21.6 Å². The molecule has 1 atom stereocenters. The number of rotatable bonds is 5. The van der Waals surface area contributed by atoms with Gasteiger partial charge in [-0.3, -0.25) is 9.59 Å². The summed E-state index contributed by atoms with van der Waals surface area (Å²) in [6, 6.07) is 9.71. The van der Waals surface area contributed by atoms with Crippen LogP contribution in [0.15, 0.2) is 40.3 Å². The smallest absolute Gasteiger partial charge is 0.254 e. The summed E-state index contributed by atoms with van der Waals surface area (Å²) in [6.07, 6.45) is 0. The Bertz CT molecular complexity index is 713. The van der Waals surface area contributed by atoms with Crippen LogP contribution in [0.1, 0.15) is 29.8 Å². The molecule has 1 heterocycles. The molecule has 22 heavy (non-hydrogen) atoms. The summed E-state index contributed by atoms with van der Waals surface area (Å²) in [5, 5.41) is 3.40. The van der Waals surface area contributed by atoms with Crippen LogP contribution in [0.5, 0.6) is 0 Å². The summed E-state index contributed by atoms with van der Waals surface area (Å²) in [5.74, 6) is 0.116. The van der Waals surface area contributed by atoms with Crippen molar-refractivity contribution in [2.75, 3.05) is 5.75 Å². The molecular formula is C16H19N3O2S. The highest BCUT2D eigenvalue weighted by Gasteiger charge is 2.11. The van der Waals surface area contributed by atoms with Crippen molar-refractivity contribution in [1.82, 2.24) is 15.3 Å². The fraction of sp³-hybridized carbons (Fsp3) is 0.312. The molecule has 0 unspecified atom stereocenters. The van der Waals surface area contributed by atoms with Gasteiger partial charge in [-0.15, -0.1) is 0 Å². The molecular weight excluding hydrogens is 298 g/mol. The third-order valence-corrected chi connectivity index (χ3v) is 4.26. The highest BCUT2D eigenvalue weighted by Crippen LogP contribution is 2.14. The second-order valence-corrected chi connectivity index (χ2v) is 6.03. The zero-order valence-corrected chi connectivity index (χ0v) is 13.7. The van der Waals surface area contributed by atoms with Gasteiger partial charge in [0.15, 0.2) is 5.16 Å². The Morgan fingerprint density at radius 3 is 2.64 bits per heavy atom. The molecule has 0 saturated heterocycles. The number of benzene rings is 1. The number of carbonyl (C=O) groups excluding carboxylic acids is 1. The van der Waals surface area contributed by atoms with E-state index in [2.05, 4.69) is 15.3 Å². The maximum absolute atomic E-state index is 12.0. The van der Waals surface area contributed by atoms with E-state index >= 15 is 0 Å². The summed E-state index contributed by atoms with van der Waals surface area (Å²) in [6.45, 7) is 5.45. The van der Waals surface area contributed by atoms with Crippen molar-refractivity contribution in [3.05, 3.63) is 57.5 Å². The van der Waals surface area contributed by atoms with Crippen molar-refractivity contribution in [2.45, 2.75) is 32.0 Å². The van der Waals surface area contributed by atoms with Crippen molar-refractivity contribution in [3.8, 4) is 0 Å². The van der Waals surface area contributed by atoms with Gasteiger partial charge in [0.05, 0.1) is 11.8 Å². The van der Waals surface area contributed by atoms with E-state index in [1.165, 1.54) is 11.8 Å². The lowest BCUT2D eigenvalue weighted by Gasteiger charge is -2.14. The molecule has 0 radical (unpaired) electrons. The molecule has 0 spiro atoms. The van der Waals surface area contributed by atoms with Gasteiger partial charge in [-0.25, -0.2) is 4.98 Å². The first kappa shape index (κ1) is 16.3. The number of amides is 1. The number of nitrogens with zero attached hydrogens (tertiary/aromatic N) is 1. The van der Waals surface area contributed by atoms with E-state index in [9.17, 15) is 9.59 Å². The molecule has 0 bridgehead atoms. The Morgan fingerprint density at radius 2 is 2.00 bits per heavy atom. The normalized spacial score (nSPS) is 12.0. The van der Waals surface area contributed by atoms with Crippen LogP contribution in [0.2, 0.25) is 0 Å². The fourth-order valence-electron chi connectivity index (χ4n) is 1.93. The van der Waals surface area contributed by atoms with E-state index in [1.54, 1.807) is 13.8 Å². The van der Waals surface area contributed by atoms with E-state index in [0.29, 0.717) is 16.4 Å². The minimum absolute atomic E-state index is 0.0546. The molecule has 1 aromatic carbocycles. The largest absolute Gasteiger partial charge is 0.349 e. The molecule has 0 aliphatic rings. The van der Waals surface area contributed by atoms with E-state index < -0.39 is 0 Å². The highest BCUT2D eigenvalue weighted by atomic mass is 32.2. The number of hydrogen-bond donors (Lipinski definition) is 2. The van der Waals surface area contributed by atoms with Crippen molar-refractivity contribution >= 4 is 17.7 Å². The summed E-state index contributed by atoms with van der Waals surface area (Å²) < 4.78 is 0. The summed E-state index contributed by atoms with van der Waals surface area (Å²) in [5.41, 5.74) is 2.18. The molecule has 116 valence electrons. The van der Waals surface area contributed by atoms with Gasteiger partial charge in [-0.1, -0.05) is 42.1 Å². The number of aryl methyl sites for hydroxylation is 1. The zero-order chi connectivity index (χ0) is 16.1. The van der Waals surface area contributed by atoms with Gasteiger partial charge < -0.3 is 10.3 Å². The maximum atomic E-state index is 12.0. The third-order valence-electron chi connectivity index (χ3n) is 3.39. The Balaban J connectivity index is 1.92. The Morgan fingerprint density at radius 1 is 1.32 bits per heavy atom. The van der Waals surface area contributed by atoms with Gasteiger partial charge >= 0.3 is 0 Å². The number of hydrogen-bond acceptors (Lipinski definition) is 4. The topological polar surface area (TPSA) is 74.8 Å². The predicted molar refractivity (Wildman–Crippen MR) is 88.1 cm³/mol. The molecule has 0 fully saturated rings. The number of thioether (sulfide) groups is 1. The SMILES string of the molecule is Cc1nc(SCC(=O)N[C@@H](C)c2ccccc2)[nH]c(=O)c1C. The van der Waals surface area contributed by atoms with Crippen LogP contribution in [0, 0.1) is 13.8 Å². The van der Waals surface area contributed by atoms with Crippen LogP contribution in [-0.2, 0) is 4.79 Å². The lowest BCUT2D eigenvalue weighted by atomic mass is 10.1. The number of aromatic nitrogens is 2. The zero-order valence-electron chi connectivity index (χ0n) is 12.8. The number of carbonyl (C=O) groups is 1. The van der Waals surface area contributed by atoms with Crippen LogP contribution < -0.4 is 10.9 Å². The van der Waals surface area contributed by atoms with E-state index in [-0.39, 0.29) is 23.3 Å². The number of nitrogens with one attached hydrogen (secondary N) is 2. The minimum Gasteiger partial charge on any atom is -0.349 e. The lowest BCUT2D eigenvalue weighted by molar-refractivity contribution is -0.119. The maximum Gasteiger partial charge on any atom is 0.254 e. The molecule has 6 heteroatoms. The Hall–Kier alpha value is -2.08. The molecule has 1 amide bonds. The van der Waals surface area contributed by atoms with Gasteiger partial charge in [-0.05, 0) is 26.3 Å². The predicted octanol–water partition coefficient (Wildman–Crippen LogP) is 2.36. The standard InChI is InChI=1S/C16H19N3O2S/c1-10-11(2)18-16(19-15(10)21)22-9-14(20)17-12(3)13-7-5-4-6-8-13/h4-8,12H,9H2,1-3H3,(H,17,20)(H,18,19,21)/t12-/m0/s1. The Kier molecular flexibility index (Phi) is 5.38. The minimum atomic E-state index is -0.159. The molecule has 0 saturated carbocycles. The lowest BCUT2D eigenvalue weighted by Crippen LogP contribution is -2.28. The molecule has 2 aromatic rings. The van der Waals surface area contributed by atoms with Crippen LogP contribution in [0.25, 0.3) is 0 Å². The molecule has 0 aliphatic heterocycles. The first-order chi connectivity index (χ1) is 10.5. The van der Waals surface area contributed by atoms with E-state index in [1.807, 2.05) is 37.3 Å². The Labute approximate surface area is 133 Å². The summed E-state index contributed by atoms with van der Waals surface area (Å²) >= 11 is 1.22. The molecule has 2 rings (SSSR count). The molecule has 2 N–H and O–H groups in total. The monoisotopic (exact) mass is 317 g/mol. The van der Waals surface area contributed by atoms with Crippen LogP contribution in [0.3, 0.4) is 0 Å². The summed E-state index contributed by atoms with van der Waals surface area (Å²) in [4.78, 5) is 30.6. The van der Waals surface area contributed by atoms with Crippen molar-refractivity contribution in [3.63, 3.8) is 0 Å². The molecule has 0 aliphatic carbocycles. The quantitative estimate of drug-likeness (QED) is 0.656. The fourth-order valence-corrected chi connectivity index (χ4v) is 2.65. The van der Waals surface area contributed by atoms with Crippen LogP contribution in [0.4, 0.5) is 0 Å². The van der Waals surface area contributed by atoms with Crippen molar-refractivity contribution in [2.24, 2.45) is 0 Å². The average Bonchev–Trinajstić information content (AvgIpc) is 2.51. The first-order valence-corrected chi connectivity index (χ1v) is 8.00. The van der Waals surface area contributed by atoms with Crippen LogP contribution >= 0.6 is 11.8 Å². The second-order valence-electron chi connectivity index (χ2n) is 5.07. The van der Waals surface area contributed by atoms with Gasteiger partial charge in [0, 0.05) is 11.3 Å². The van der Waals surface area contributed by atoms with E-state index in [4.69, 9.17) is 0 Å². The highest BCUT2D eigenvalue weighted by molar-refractivity contribution is 7.99. The van der Waals surface area contributed by atoms with Gasteiger partial charge in [0.25, 0.3) is 5.56 Å². The van der Waals surface area contributed by atoms with E-state index in [0.717, 1.165) is 5.56 Å².